The molecule has 0 aromatic heterocycles. The quantitative estimate of drug-likeness (QED) is 0.398. The lowest BCUT2D eigenvalue weighted by atomic mass is 9.72. The zero-order valence-electron chi connectivity index (χ0n) is 18.5. The van der Waals surface area contributed by atoms with E-state index >= 15 is 0 Å². The van der Waals surface area contributed by atoms with Crippen LogP contribution in [0.3, 0.4) is 0 Å². The fourth-order valence-electron chi connectivity index (χ4n) is 3.99. The zero-order valence-corrected chi connectivity index (χ0v) is 18.5. The van der Waals surface area contributed by atoms with Crippen molar-refractivity contribution in [1.82, 2.24) is 0 Å². The molecule has 0 bridgehead atoms. The first-order chi connectivity index (χ1) is 12.4. The van der Waals surface area contributed by atoms with Crippen LogP contribution in [0.1, 0.15) is 78.5 Å². The van der Waals surface area contributed by atoms with Gasteiger partial charge in [0, 0.05) is 16.9 Å². The molecule has 2 atom stereocenters. The molecule has 1 aliphatic carbocycles. The predicted molar refractivity (Wildman–Crippen MR) is 117 cm³/mol. The summed E-state index contributed by atoms with van der Waals surface area (Å²) in [6, 6.07) is 7.10. The zero-order chi connectivity index (χ0) is 20.6. The Morgan fingerprint density at radius 2 is 1.70 bits per heavy atom. The highest BCUT2D eigenvalue weighted by Crippen LogP contribution is 2.39. The monoisotopic (exact) mass is 364 g/mol. The highest BCUT2D eigenvalue weighted by Gasteiger charge is 2.29. The van der Waals surface area contributed by atoms with Crippen LogP contribution in [-0.4, -0.2) is 6.29 Å². The van der Waals surface area contributed by atoms with E-state index in [2.05, 4.69) is 80.2 Å². The Kier molecular flexibility index (Phi) is 6.04. The first kappa shape index (κ1) is 21.4. The maximum Gasteiger partial charge on any atom is 0.150 e. The lowest BCUT2D eigenvalue weighted by Gasteiger charge is -2.32. The second kappa shape index (κ2) is 7.62. The van der Waals surface area contributed by atoms with Gasteiger partial charge >= 0.3 is 0 Å². The minimum atomic E-state index is -0.0184. The number of hydrogen-bond donors (Lipinski definition) is 0. The van der Waals surface area contributed by atoms with Crippen molar-refractivity contribution in [2.24, 2.45) is 5.92 Å². The SMILES string of the molecule is C=C(C)C(C)(CC)c1cc(CC2C(C)=CC(C=O)=C2C)cc(C(C)(C)C)c1. The van der Waals surface area contributed by atoms with Gasteiger partial charge in [0.1, 0.15) is 6.29 Å². The van der Waals surface area contributed by atoms with Gasteiger partial charge in [-0.25, -0.2) is 0 Å². The van der Waals surface area contributed by atoms with Gasteiger partial charge in [-0.2, -0.15) is 0 Å². The van der Waals surface area contributed by atoms with Gasteiger partial charge < -0.3 is 0 Å². The van der Waals surface area contributed by atoms with E-state index in [0.717, 1.165) is 24.7 Å². The highest BCUT2D eigenvalue weighted by atomic mass is 16.1. The van der Waals surface area contributed by atoms with Crippen LogP contribution in [0, 0.1) is 5.92 Å². The maximum atomic E-state index is 11.3. The Balaban J connectivity index is 2.56. The van der Waals surface area contributed by atoms with E-state index in [0.29, 0.717) is 5.92 Å². The van der Waals surface area contributed by atoms with Crippen molar-refractivity contribution in [2.45, 2.75) is 79.1 Å². The van der Waals surface area contributed by atoms with Crippen LogP contribution in [0.4, 0.5) is 0 Å². The van der Waals surface area contributed by atoms with Gasteiger partial charge in [-0.1, -0.05) is 82.2 Å². The molecule has 1 heteroatoms. The normalized spacial score (nSPS) is 19.7. The number of rotatable bonds is 6. The third kappa shape index (κ3) is 4.18. The van der Waals surface area contributed by atoms with E-state index in [9.17, 15) is 4.79 Å². The summed E-state index contributed by atoms with van der Waals surface area (Å²) in [6.45, 7) is 22.0. The summed E-state index contributed by atoms with van der Waals surface area (Å²) in [6.07, 6.45) is 5.01. The lowest BCUT2D eigenvalue weighted by molar-refractivity contribution is -0.104. The van der Waals surface area contributed by atoms with Crippen LogP contribution in [0.15, 0.2) is 53.1 Å². The van der Waals surface area contributed by atoms with E-state index in [1.54, 1.807) is 0 Å². The fraction of sp³-hybridized carbons (Fsp3) is 0.500. The Morgan fingerprint density at radius 3 is 2.15 bits per heavy atom. The average molecular weight is 365 g/mol. The molecular formula is C26H36O. The van der Waals surface area contributed by atoms with Crippen molar-refractivity contribution in [3.05, 3.63) is 69.8 Å². The molecule has 1 aromatic rings. The van der Waals surface area contributed by atoms with Crippen LogP contribution >= 0.6 is 0 Å². The van der Waals surface area contributed by atoms with Gasteiger partial charge in [-0.05, 0) is 55.7 Å². The number of carbonyl (C=O) groups excluding carboxylic acids is 1. The molecule has 0 amide bonds. The van der Waals surface area contributed by atoms with Crippen LogP contribution in [0.5, 0.6) is 0 Å². The summed E-state index contributed by atoms with van der Waals surface area (Å²) < 4.78 is 0. The Labute approximate surface area is 166 Å². The van der Waals surface area contributed by atoms with E-state index < -0.39 is 0 Å². The van der Waals surface area contributed by atoms with Crippen molar-refractivity contribution in [2.75, 3.05) is 0 Å². The Bertz CT molecular complexity index is 813. The highest BCUT2D eigenvalue weighted by molar-refractivity contribution is 5.81. The van der Waals surface area contributed by atoms with Crippen molar-refractivity contribution in [3.8, 4) is 0 Å². The van der Waals surface area contributed by atoms with Crippen molar-refractivity contribution in [3.63, 3.8) is 0 Å². The maximum absolute atomic E-state index is 11.3. The molecule has 0 saturated heterocycles. The van der Waals surface area contributed by atoms with E-state index in [-0.39, 0.29) is 10.8 Å². The summed E-state index contributed by atoms with van der Waals surface area (Å²) in [5.41, 5.74) is 8.69. The molecule has 0 spiro atoms. The minimum Gasteiger partial charge on any atom is -0.298 e. The standard InChI is InChI=1S/C26H36O/c1-10-26(9,17(2)3)23-13-20(12-22(15-23)25(6,7)8)14-24-18(4)11-21(16-27)19(24)5/h11-13,15-16,24H,2,10,14H2,1,3-9H3. The number of allylic oxidation sites excluding steroid dienone is 5. The Morgan fingerprint density at radius 1 is 1.11 bits per heavy atom. The molecule has 0 radical (unpaired) electrons. The van der Waals surface area contributed by atoms with Crippen molar-refractivity contribution >= 4 is 6.29 Å². The van der Waals surface area contributed by atoms with Crippen LogP contribution in [0.2, 0.25) is 0 Å². The van der Waals surface area contributed by atoms with Crippen molar-refractivity contribution < 1.29 is 4.79 Å². The first-order valence-electron chi connectivity index (χ1n) is 10.1. The third-order valence-corrected chi connectivity index (χ3v) is 6.62. The van der Waals surface area contributed by atoms with Crippen LogP contribution < -0.4 is 0 Å². The summed E-state index contributed by atoms with van der Waals surface area (Å²) in [5, 5.41) is 0. The third-order valence-electron chi connectivity index (χ3n) is 6.62. The topological polar surface area (TPSA) is 17.1 Å². The molecule has 0 saturated carbocycles. The Hall–Kier alpha value is -1.89. The molecule has 27 heavy (non-hydrogen) atoms. The summed E-state index contributed by atoms with van der Waals surface area (Å²) >= 11 is 0. The molecule has 2 rings (SSSR count). The van der Waals surface area contributed by atoms with E-state index in [1.807, 2.05) is 6.08 Å². The van der Waals surface area contributed by atoms with Crippen LogP contribution in [0.25, 0.3) is 0 Å². The number of carbonyl (C=O) groups is 1. The number of aldehydes is 1. The van der Waals surface area contributed by atoms with Gasteiger partial charge in [0.05, 0.1) is 0 Å². The van der Waals surface area contributed by atoms with E-state index in [1.165, 1.54) is 33.4 Å². The minimum absolute atomic E-state index is 0.0184. The lowest BCUT2D eigenvalue weighted by Crippen LogP contribution is -2.24. The largest absolute Gasteiger partial charge is 0.298 e. The summed E-state index contributed by atoms with van der Waals surface area (Å²) in [5.74, 6) is 0.325. The molecule has 1 aliphatic rings. The smallest absolute Gasteiger partial charge is 0.150 e. The van der Waals surface area contributed by atoms with Gasteiger partial charge in [0.2, 0.25) is 0 Å². The average Bonchev–Trinajstić information content (AvgIpc) is 2.87. The number of benzene rings is 1. The van der Waals surface area contributed by atoms with Crippen molar-refractivity contribution in [1.29, 1.82) is 0 Å². The molecule has 0 N–H and O–H groups in total. The van der Waals surface area contributed by atoms with Gasteiger partial charge in [0.25, 0.3) is 0 Å². The molecule has 0 fully saturated rings. The van der Waals surface area contributed by atoms with Gasteiger partial charge in [0.15, 0.2) is 0 Å². The fourth-order valence-corrected chi connectivity index (χ4v) is 3.99. The molecule has 2 unspecified atom stereocenters. The molecule has 0 heterocycles. The second-order valence-electron chi connectivity index (χ2n) is 9.54. The molecule has 0 aliphatic heterocycles. The second-order valence-corrected chi connectivity index (χ2v) is 9.54. The molecular weight excluding hydrogens is 328 g/mol. The summed E-state index contributed by atoms with van der Waals surface area (Å²) in [4.78, 5) is 11.3. The molecule has 1 aromatic carbocycles. The summed E-state index contributed by atoms with van der Waals surface area (Å²) in [7, 11) is 0. The van der Waals surface area contributed by atoms with Gasteiger partial charge in [-0.15, -0.1) is 0 Å². The number of hydrogen-bond acceptors (Lipinski definition) is 1. The predicted octanol–water partition coefficient (Wildman–Crippen LogP) is 6.86. The van der Waals surface area contributed by atoms with Gasteiger partial charge in [-0.3, -0.25) is 4.79 Å². The van der Waals surface area contributed by atoms with E-state index in [4.69, 9.17) is 0 Å². The van der Waals surface area contributed by atoms with Crippen LogP contribution in [-0.2, 0) is 22.0 Å². The molecule has 1 nitrogen and oxygen atoms in total. The first-order valence-corrected chi connectivity index (χ1v) is 10.1. The molecule has 146 valence electrons.